The Morgan fingerprint density at radius 1 is 1.14 bits per heavy atom. The van der Waals surface area contributed by atoms with Gasteiger partial charge in [-0.05, 0) is 73.2 Å². The van der Waals surface area contributed by atoms with E-state index in [0.29, 0.717) is 11.5 Å². The van der Waals surface area contributed by atoms with Crippen molar-refractivity contribution in [1.29, 1.82) is 0 Å². The molecule has 0 aliphatic carbocycles. The zero-order valence-corrected chi connectivity index (χ0v) is 18.8. The van der Waals surface area contributed by atoms with Crippen LogP contribution in [0.3, 0.4) is 0 Å². The van der Waals surface area contributed by atoms with Crippen LogP contribution in [0.5, 0.6) is 0 Å². The number of para-hydroxylation sites is 1. The Balaban J connectivity index is 1.95. The van der Waals surface area contributed by atoms with E-state index >= 15 is 0 Å². The van der Waals surface area contributed by atoms with Crippen molar-refractivity contribution in [3.05, 3.63) is 57.8 Å². The van der Waals surface area contributed by atoms with E-state index in [0.717, 1.165) is 20.2 Å². The largest absolute Gasteiger partial charge is 0.442 e. The minimum absolute atomic E-state index is 0.163. The molecule has 1 aromatic carbocycles. The molecule has 4 aromatic rings. The van der Waals surface area contributed by atoms with E-state index in [1.807, 2.05) is 49.6 Å². The molecule has 3 aromatic heterocycles. The van der Waals surface area contributed by atoms with Crippen LogP contribution in [0.4, 0.5) is 4.79 Å². The lowest BCUT2D eigenvalue weighted by molar-refractivity contribution is 0.0518. The van der Waals surface area contributed by atoms with Crippen molar-refractivity contribution in [3.8, 4) is 17.1 Å². The molecule has 29 heavy (non-hydrogen) atoms. The second-order valence-electron chi connectivity index (χ2n) is 7.31. The molecule has 0 aliphatic heterocycles. The molecule has 0 fully saturated rings. The van der Waals surface area contributed by atoms with Gasteiger partial charge in [-0.3, -0.25) is 4.57 Å². The number of benzene rings is 1. The Labute approximate surface area is 185 Å². The van der Waals surface area contributed by atoms with Crippen LogP contribution in [0.1, 0.15) is 20.8 Å². The zero-order chi connectivity index (χ0) is 20.8. The minimum Gasteiger partial charge on any atom is -0.442 e. The minimum atomic E-state index is -0.626. The third-order valence-electron chi connectivity index (χ3n) is 4.12. The lowest BCUT2D eigenvalue weighted by atomic mass is 10.1. The van der Waals surface area contributed by atoms with E-state index in [2.05, 4.69) is 37.7 Å². The Hall–Kier alpha value is -2.46. The number of aromatic nitrogens is 5. The maximum Gasteiger partial charge on any atom is 0.435 e. The van der Waals surface area contributed by atoms with Gasteiger partial charge < -0.3 is 4.74 Å². The van der Waals surface area contributed by atoms with Crippen molar-refractivity contribution >= 4 is 51.2 Å². The van der Waals surface area contributed by atoms with Gasteiger partial charge in [0.05, 0.1) is 21.1 Å². The SMILES string of the molecule is CC(C)(C)OC(=O)n1nccc1-c1c(I)n(-c2ccnc(Cl)n2)c2ccccc12. The van der Waals surface area contributed by atoms with E-state index < -0.39 is 11.7 Å². The fourth-order valence-corrected chi connectivity index (χ4v) is 4.29. The second-order valence-corrected chi connectivity index (χ2v) is 8.67. The molecule has 0 atom stereocenters. The monoisotopic (exact) mass is 521 g/mol. The van der Waals surface area contributed by atoms with E-state index in [9.17, 15) is 4.79 Å². The molecule has 0 radical (unpaired) electrons. The van der Waals surface area contributed by atoms with Crippen LogP contribution >= 0.6 is 34.2 Å². The van der Waals surface area contributed by atoms with Gasteiger partial charge in [0.25, 0.3) is 0 Å². The first-order valence-corrected chi connectivity index (χ1v) is 10.3. The van der Waals surface area contributed by atoms with E-state index in [4.69, 9.17) is 16.3 Å². The molecule has 0 unspecified atom stereocenters. The molecular formula is C20H17ClIN5O2. The lowest BCUT2D eigenvalue weighted by Crippen LogP contribution is -2.28. The summed E-state index contributed by atoms with van der Waals surface area (Å²) in [5, 5.41) is 5.32. The Morgan fingerprint density at radius 3 is 2.62 bits per heavy atom. The summed E-state index contributed by atoms with van der Waals surface area (Å²) in [4.78, 5) is 21.0. The van der Waals surface area contributed by atoms with Gasteiger partial charge >= 0.3 is 6.09 Å². The van der Waals surface area contributed by atoms with E-state index in [-0.39, 0.29) is 5.28 Å². The summed E-state index contributed by atoms with van der Waals surface area (Å²) < 4.78 is 9.64. The summed E-state index contributed by atoms with van der Waals surface area (Å²) >= 11 is 8.26. The fourth-order valence-electron chi connectivity index (χ4n) is 3.07. The molecule has 3 heterocycles. The number of fused-ring (bicyclic) bond motifs is 1. The third kappa shape index (κ3) is 3.74. The summed E-state index contributed by atoms with van der Waals surface area (Å²) in [6.07, 6.45) is 2.67. The number of hydrogen-bond acceptors (Lipinski definition) is 5. The molecule has 148 valence electrons. The van der Waals surface area contributed by atoms with Crippen LogP contribution in [-0.4, -0.2) is 36.0 Å². The Bertz CT molecular complexity index is 1230. The molecule has 7 nitrogen and oxygen atoms in total. The Morgan fingerprint density at radius 2 is 1.90 bits per heavy atom. The molecule has 9 heteroatoms. The van der Waals surface area contributed by atoms with Gasteiger partial charge in [0.1, 0.15) is 11.4 Å². The predicted molar refractivity (Wildman–Crippen MR) is 119 cm³/mol. The molecule has 0 aliphatic rings. The van der Waals surface area contributed by atoms with Gasteiger partial charge in [-0.25, -0.2) is 9.78 Å². The van der Waals surface area contributed by atoms with Crippen LogP contribution in [0.25, 0.3) is 28.0 Å². The summed E-state index contributed by atoms with van der Waals surface area (Å²) in [5.74, 6) is 0.639. The molecule has 0 N–H and O–H groups in total. The van der Waals surface area contributed by atoms with Crippen molar-refractivity contribution < 1.29 is 9.53 Å². The average molecular weight is 522 g/mol. The molecular weight excluding hydrogens is 505 g/mol. The molecule has 0 amide bonds. The van der Waals surface area contributed by atoms with E-state index in [1.165, 1.54) is 4.68 Å². The van der Waals surface area contributed by atoms with Crippen molar-refractivity contribution in [3.63, 3.8) is 0 Å². The Kier molecular flexibility index (Phi) is 5.07. The van der Waals surface area contributed by atoms with Gasteiger partial charge in [-0.1, -0.05) is 18.2 Å². The summed E-state index contributed by atoms with van der Waals surface area (Å²) in [5.41, 5.74) is 1.80. The number of carbonyl (C=O) groups excluding carboxylic acids is 1. The predicted octanol–water partition coefficient (Wildman–Crippen LogP) is 5.33. The van der Waals surface area contributed by atoms with Crippen molar-refractivity contribution in [1.82, 2.24) is 24.3 Å². The lowest BCUT2D eigenvalue weighted by Gasteiger charge is -2.19. The molecule has 0 spiro atoms. The van der Waals surface area contributed by atoms with Crippen LogP contribution < -0.4 is 0 Å². The van der Waals surface area contributed by atoms with Crippen molar-refractivity contribution in [2.24, 2.45) is 0 Å². The van der Waals surface area contributed by atoms with Gasteiger partial charge in [0.2, 0.25) is 5.28 Å². The smallest absolute Gasteiger partial charge is 0.435 e. The van der Waals surface area contributed by atoms with Crippen molar-refractivity contribution in [2.75, 3.05) is 0 Å². The van der Waals surface area contributed by atoms with Gasteiger partial charge in [0, 0.05) is 17.1 Å². The van der Waals surface area contributed by atoms with Gasteiger partial charge in [-0.15, -0.1) is 0 Å². The highest BCUT2D eigenvalue weighted by Crippen LogP contribution is 2.37. The summed E-state index contributed by atoms with van der Waals surface area (Å²) in [6.45, 7) is 5.47. The number of hydrogen-bond donors (Lipinski definition) is 0. The highest BCUT2D eigenvalue weighted by atomic mass is 127. The summed E-state index contributed by atoms with van der Waals surface area (Å²) in [6, 6.07) is 11.5. The number of rotatable bonds is 2. The highest BCUT2D eigenvalue weighted by Gasteiger charge is 2.25. The average Bonchev–Trinajstić information content (AvgIpc) is 3.21. The molecule has 4 rings (SSSR count). The normalized spacial score (nSPS) is 11.8. The molecule has 0 saturated carbocycles. The molecule has 0 bridgehead atoms. The first-order valence-electron chi connectivity index (χ1n) is 8.82. The zero-order valence-electron chi connectivity index (χ0n) is 15.9. The van der Waals surface area contributed by atoms with E-state index in [1.54, 1.807) is 24.5 Å². The highest BCUT2D eigenvalue weighted by molar-refractivity contribution is 14.1. The van der Waals surface area contributed by atoms with Crippen LogP contribution in [0.15, 0.2) is 48.8 Å². The van der Waals surface area contributed by atoms with Gasteiger partial charge in [0.15, 0.2) is 0 Å². The first kappa shape index (κ1) is 19.8. The number of ether oxygens (including phenoxy) is 1. The maximum atomic E-state index is 12.7. The van der Waals surface area contributed by atoms with Crippen LogP contribution in [-0.2, 0) is 4.74 Å². The van der Waals surface area contributed by atoms with Gasteiger partial charge in [-0.2, -0.15) is 14.8 Å². The standard InChI is InChI=1S/C20H17ClIN5O2/c1-20(2,3)29-19(28)27-14(8-11-24-27)16-12-6-4-5-7-13(12)26(17(16)22)15-9-10-23-18(21)25-15/h4-11H,1-3H3. The quantitative estimate of drug-likeness (QED) is 0.263. The topological polar surface area (TPSA) is 74.8 Å². The summed E-state index contributed by atoms with van der Waals surface area (Å²) in [7, 11) is 0. The van der Waals surface area contributed by atoms with Crippen molar-refractivity contribution in [2.45, 2.75) is 26.4 Å². The third-order valence-corrected chi connectivity index (χ3v) is 5.33. The number of halogens is 2. The molecule has 0 saturated heterocycles. The maximum absolute atomic E-state index is 12.7. The number of nitrogens with zero attached hydrogens (tertiary/aromatic N) is 5. The fraction of sp³-hybridized carbons (Fsp3) is 0.200. The van der Waals surface area contributed by atoms with Crippen LogP contribution in [0, 0.1) is 3.70 Å². The number of carbonyl (C=O) groups is 1. The van der Waals surface area contributed by atoms with Crippen LogP contribution in [0.2, 0.25) is 5.28 Å². The first-order chi connectivity index (χ1) is 13.8. The second kappa shape index (κ2) is 7.42.